The largest absolute Gasteiger partial charge is 0.433 e. The van der Waals surface area contributed by atoms with Gasteiger partial charge in [-0.25, -0.2) is 4.98 Å². The van der Waals surface area contributed by atoms with Crippen molar-refractivity contribution < 1.29 is 22.8 Å². The molecule has 3 aromatic rings. The zero-order valence-electron chi connectivity index (χ0n) is 16.0. The van der Waals surface area contributed by atoms with Gasteiger partial charge < -0.3 is 16.8 Å². The van der Waals surface area contributed by atoms with Crippen LogP contribution in [0.25, 0.3) is 11.3 Å². The Morgan fingerprint density at radius 1 is 1.06 bits per heavy atom. The number of alkyl halides is 3. The molecular formula is C20H17F3N6O2. The highest BCUT2D eigenvalue weighted by Crippen LogP contribution is 2.27. The molecule has 0 aliphatic rings. The molecular weight excluding hydrogens is 413 g/mol. The number of hydrogen-bond donors (Lipinski definition) is 3. The van der Waals surface area contributed by atoms with Gasteiger partial charge in [-0.1, -0.05) is 18.2 Å². The second-order valence-corrected chi connectivity index (χ2v) is 6.43. The van der Waals surface area contributed by atoms with Crippen molar-refractivity contribution in [1.29, 1.82) is 0 Å². The van der Waals surface area contributed by atoms with E-state index in [0.717, 1.165) is 12.3 Å². The van der Waals surface area contributed by atoms with E-state index in [9.17, 15) is 22.8 Å². The number of nitrogens with one attached hydrogen (secondary N) is 1. The number of primary amides is 1. The van der Waals surface area contributed by atoms with Crippen LogP contribution in [0.5, 0.6) is 0 Å². The SMILES string of the molecule is NCc1ncc(-c2cccc(C(=O)NCc3ccc(C(F)(F)F)nc3)c2)nc1C(N)=O. The maximum atomic E-state index is 12.6. The van der Waals surface area contributed by atoms with Crippen molar-refractivity contribution in [1.82, 2.24) is 20.3 Å². The molecule has 0 saturated carbocycles. The van der Waals surface area contributed by atoms with Crippen molar-refractivity contribution in [2.45, 2.75) is 19.3 Å². The third kappa shape index (κ3) is 5.20. The third-order valence-electron chi connectivity index (χ3n) is 4.26. The molecule has 0 saturated heterocycles. The molecule has 0 unspecified atom stereocenters. The molecule has 2 aromatic heterocycles. The van der Waals surface area contributed by atoms with Crippen LogP contribution in [0, 0.1) is 0 Å². The van der Waals surface area contributed by atoms with E-state index in [-0.39, 0.29) is 30.0 Å². The van der Waals surface area contributed by atoms with Gasteiger partial charge >= 0.3 is 6.18 Å². The first kappa shape index (κ1) is 21.8. The predicted molar refractivity (Wildman–Crippen MR) is 104 cm³/mol. The Labute approximate surface area is 174 Å². The summed E-state index contributed by atoms with van der Waals surface area (Å²) in [6, 6.07) is 8.48. The monoisotopic (exact) mass is 430 g/mol. The number of halogens is 3. The summed E-state index contributed by atoms with van der Waals surface area (Å²) in [5.74, 6) is -1.22. The number of rotatable bonds is 6. The van der Waals surface area contributed by atoms with Gasteiger partial charge in [-0.3, -0.25) is 19.6 Å². The molecule has 2 heterocycles. The molecule has 2 amide bonds. The van der Waals surface area contributed by atoms with Crippen molar-refractivity contribution in [3.05, 3.63) is 77.0 Å². The highest BCUT2D eigenvalue weighted by Gasteiger charge is 2.32. The lowest BCUT2D eigenvalue weighted by molar-refractivity contribution is -0.141. The summed E-state index contributed by atoms with van der Waals surface area (Å²) in [4.78, 5) is 35.7. The Bertz CT molecular complexity index is 1120. The van der Waals surface area contributed by atoms with Crippen LogP contribution in [0.1, 0.15) is 37.8 Å². The molecule has 0 atom stereocenters. The predicted octanol–water partition coefficient (Wildman–Crippen LogP) is 2.04. The molecule has 0 spiro atoms. The number of hydrogen-bond acceptors (Lipinski definition) is 6. The standard InChI is InChI=1S/C20H17F3N6O2/c21-20(22,23)16-5-4-11(8-27-16)9-28-19(31)13-3-1-2-12(6-13)15-10-26-14(7-24)17(29-15)18(25)30/h1-6,8,10H,7,9,24H2,(H2,25,30)(H,28,31). The molecule has 3 rings (SSSR count). The molecule has 0 aliphatic carbocycles. The Kier molecular flexibility index (Phi) is 6.25. The van der Waals surface area contributed by atoms with Crippen LogP contribution in [-0.4, -0.2) is 26.8 Å². The summed E-state index contributed by atoms with van der Waals surface area (Å²) in [5.41, 5.74) is 11.6. The minimum Gasteiger partial charge on any atom is -0.364 e. The van der Waals surface area contributed by atoms with Crippen LogP contribution in [0.2, 0.25) is 0 Å². The average molecular weight is 430 g/mol. The van der Waals surface area contributed by atoms with Crippen molar-refractivity contribution in [3.8, 4) is 11.3 Å². The van der Waals surface area contributed by atoms with Gasteiger partial charge in [0, 0.05) is 30.4 Å². The molecule has 11 heteroatoms. The number of amides is 2. The second kappa shape index (κ2) is 8.88. The quantitative estimate of drug-likeness (QED) is 0.547. The molecule has 5 N–H and O–H groups in total. The normalized spacial score (nSPS) is 11.2. The van der Waals surface area contributed by atoms with Gasteiger partial charge in [0.2, 0.25) is 0 Å². The van der Waals surface area contributed by atoms with Crippen LogP contribution in [0.3, 0.4) is 0 Å². The van der Waals surface area contributed by atoms with Gasteiger partial charge in [0.1, 0.15) is 5.69 Å². The number of carbonyl (C=O) groups excluding carboxylic acids is 2. The topological polar surface area (TPSA) is 137 Å². The second-order valence-electron chi connectivity index (χ2n) is 6.43. The molecule has 0 aliphatic heterocycles. The minimum absolute atomic E-state index is 0.00714. The van der Waals surface area contributed by atoms with Gasteiger partial charge in [0.15, 0.2) is 5.69 Å². The lowest BCUT2D eigenvalue weighted by Crippen LogP contribution is -2.23. The van der Waals surface area contributed by atoms with E-state index in [1.54, 1.807) is 18.2 Å². The molecule has 160 valence electrons. The van der Waals surface area contributed by atoms with Crippen molar-refractivity contribution in [2.24, 2.45) is 11.5 Å². The van der Waals surface area contributed by atoms with Gasteiger partial charge in [-0.05, 0) is 23.8 Å². The Morgan fingerprint density at radius 3 is 2.45 bits per heavy atom. The first-order valence-corrected chi connectivity index (χ1v) is 8.95. The van der Waals surface area contributed by atoms with Crippen LogP contribution < -0.4 is 16.8 Å². The fourth-order valence-electron chi connectivity index (χ4n) is 2.70. The van der Waals surface area contributed by atoms with E-state index in [4.69, 9.17) is 11.5 Å². The molecule has 8 nitrogen and oxygen atoms in total. The van der Waals surface area contributed by atoms with E-state index >= 15 is 0 Å². The van der Waals surface area contributed by atoms with E-state index < -0.39 is 23.7 Å². The van der Waals surface area contributed by atoms with Gasteiger partial charge in [0.05, 0.1) is 17.6 Å². The van der Waals surface area contributed by atoms with E-state index in [0.29, 0.717) is 16.8 Å². The molecule has 0 radical (unpaired) electrons. The fraction of sp³-hybridized carbons (Fsp3) is 0.150. The summed E-state index contributed by atoms with van der Waals surface area (Å²) >= 11 is 0. The van der Waals surface area contributed by atoms with Crippen molar-refractivity contribution in [3.63, 3.8) is 0 Å². The zero-order valence-corrected chi connectivity index (χ0v) is 16.0. The van der Waals surface area contributed by atoms with E-state index in [2.05, 4.69) is 20.3 Å². The number of nitrogens with zero attached hydrogens (tertiary/aromatic N) is 3. The number of carbonyl (C=O) groups is 2. The van der Waals surface area contributed by atoms with Crippen molar-refractivity contribution in [2.75, 3.05) is 0 Å². The van der Waals surface area contributed by atoms with Gasteiger partial charge in [0.25, 0.3) is 11.8 Å². The molecule has 0 fully saturated rings. The highest BCUT2D eigenvalue weighted by molar-refractivity contribution is 5.95. The van der Waals surface area contributed by atoms with Gasteiger partial charge in [-0.2, -0.15) is 13.2 Å². The number of benzene rings is 1. The Morgan fingerprint density at radius 2 is 1.84 bits per heavy atom. The third-order valence-corrected chi connectivity index (χ3v) is 4.26. The van der Waals surface area contributed by atoms with Crippen LogP contribution in [0.15, 0.2) is 48.8 Å². The van der Waals surface area contributed by atoms with Crippen LogP contribution >= 0.6 is 0 Å². The summed E-state index contributed by atoms with van der Waals surface area (Å²) in [6.45, 7) is -0.0160. The molecule has 31 heavy (non-hydrogen) atoms. The van der Waals surface area contributed by atoms with Gasteiger partial charge in [-0.15, -0.1) is 0 Å². The average Bonchev–Trinajstić information content (AvgIpc) is 2.76. The maximum absolute atomic E-state index is 12.6. The first-order valence-electron chi connectivity index (χ1n) is 8.95. The van der Waals surface area contributed by atoms with Crippen molar-refractivity contribution >= 4 is 11.8 Å². The van der Waals surface area contributed by atoms with Crippen LogP contribution in [-0.2, 0) is 19.3 Å². The summed E-state index contributed by atoms with van der Waals surface area (Å²) < 4.78 is 37.7. The van der Waals surface area contributed by atoms with Crippen LogP contribution in [0.4, 0.5) is 13.2 Å². The number of aromatic nitrogens is 3. The summed E-state index contributed by atoms with van der Waals surface area (Å²) in [6.07, 6.45) is -2.05. The first-order chi connectivity index (χ1) is 14.7. The van der Waals surface area contributed by atoms with E-state index in [1.165, 1.54) is 18.3 Å². The fourth-order valence-corrected chi connectivity index (χ4v) is 2.70. The molecule has 1 aromatic carbocycles. The summed E-state index contributed by atoms with van der Waals surface area (Å²) in [7, 11) is 0. The zero-order chi connectivity index (χ0) is 22.6. The highest BCUT2D eigenvalue weighted by atomic mass is 19.4. The smallest absolute Gasteiger partial charge is 0.364 e. The minimum atomic E-state index is -4.53. The van der Waals surface area contributed by atoms with E-state index in [1.807, 2.05) is 0 Å². The summed E-state index contributed by atoms with van der Waals surface area (Å²) in [5, 5.41) is 2.61. The molecule has 0 bridgehead atoms. The number of pyridine rings is 1. The lowest BCUT2D eigenvalue weighted by atomic mass is 10.1. The number of nitrogens with two attached hydrogens (primary N) is 2. The Hall–Kier alpha value is -3.86. The lowest BCUT2D eigenvalue weighted by Gasteiger charge is -2.09. The Balaban J connectivity index is 1.75. The maximum Gasteiger partial charge on any atom is 0.433 e.